The molecule has 1 N–H and O–H groups in total. The molecule has 0 fully saturated rings. The number of amides is 1. The molecule has 4 nitrogen and oxygen atoms in total. The van der Waals surface area contributed by atoms with Crippen LogP contribution in [0.15, 0.2) is 22.8 Å². The number of nitrogens with one attached hydrogen (secondary N) is 1. The summed E-state index contributed by atoms with van der Waals surface area (Å²) in [6.45, 7) is 0. The van der Waals surface area contributed by atoms with E-state index in [0.717, 1.165) is 31.2 Å². The average Bonchev–Trinajstić information content (AvgIpc) is 3.02. The third-order valence-corrected chi connectivity index (χ3v) is 4.71. The maximum Gasteiger partial charge on any atom is 0.291 e. The number of rotatable bonds is 2. The van der Waals surface area contributed by atoms with Crippen LogP contribution in [0.4, 0.5) is 5.00 Å². The predicted molar refractivity (Wildman–Crippen MR) is 77.0 cm³/mol. The molecule has 5 heteroatoms. The van der Waals surface area contributed by atoms with Gasteiger partial charge in [0.2, 0.25) is 0 Å². The van der Waals surface area contributed by atoms with E-state index in [4.69, 9.17) is 4.42 Å². The number of fused-ring (bicyclic) bond motifs is 1. The van der Waals surface area contributed by atoms with E-state index in [9.17, 15) is 10.1 Å². The molecule has 0 radical (unpaired) electrons. The van der Waals surface area contributed by atoms with Gasteiger partial charge in [0.1, 0.15) is 11.1 Å². The number of nitrogens with zero attached hydrogens (tertiary/aromatic N) is 1. The van der Waals surface area contributed by atoms with Crippen molar-refractivity contribution in [2.45, 2.75) is 32.1 Å². The number of aryl methyl sites for hydroxylation is 1. The highest BCUT2D eigenvalue weighted by Gasteiger charge is 2.21. The van der Waals surface area contributed by atoms with Crippen LogP contribution in [0.2, 0.25) is 0 Å². The number of anilines is 1. The second-order valence-electron chi connectivity index (χ2n) is 4.81. The maximum absolute atomic E-state index is 12.0. The Morgan fingerprint density at radius 2 is 2.20 bits per heavy atom. The zero-order valence-corrected chi connectivity index (χ0v) is 11.8. The van der Waals surface area contributed by atoms with Crippen LogP contribution in [-0.2, 0) is 12.8 Å². The smallest absolute Gasteiger partial charge is 0.291 e. The molecule has 2 aromatic rings. The van der Waals surface area contributed by atoms with E-state index >= 15 is 0 Å². The van der Waals surface area contributed by atoms with Crippen molar-refractivity contribution >= 4 is 22.2 Å². The minimum atomic E-state index is -0.303. The molecule has 2 aromatic heterocycles. The quantitative estimate of drug-likeness (QED) is 0.855. The SMILES string of the molecule is N#Cc1c(NC(=O)c2ccco2)sc2c1CCCCC2. The molecule has 102 valence electrons. The Morgan fingerprint density at radius 3 is 2.95 bits per heavy atom. The lowest BCUT2D eigenvalue weighted by molar-refractivity contribution is 0.0997. The van der Waals surface area contributed by atoms with Crippen molar-refractivity contribution < 1.29 is 9.21 Å². The number of carbonyl (C=O) groups is 1. The lowest BCUT2D eigenvalue weighted by atomic mass is 10.1. The molecule has 20 heavy (non-hydrogen) atoms. The van der Waals surface area contributed by atoms with Crippen molar-refractivity contribution in [2.75, 3.05) is 5.32 Å². The number of thiophene rings is 1. The average molecular weight is 286 g/mol. The lowest BCUT2D eigenvalue weighted by Gasteiger charge is -2.01. The summed E-state index contributed by atoms with van der Waals surface area (Å²) in [5.41, 5.74) is 1.76. The van der Waals surface area contributed by atoms with Crippen molar-refractivity contribution in [1.82, 2.24) is 0 Å². The normalized spacial score (nSPS) is 14.2. The fraction of sp³-hybridized carbons (Fsp3) is 0.333. The molecule has 3 rings (SSSR count). The Labute approximate surface area is 121 Å². The molecule has 0 unspecified atom stereocenters. The minimum Gasteiger partial charge on any atom is -0.459 e. The Hall–Kier alpha value is -2.06. The molecule has 0 bridgehead atoms. The highest BCUT2D eigenvalue weighted by atomic mass is 32.1. The molecule has 2 heterocycles. The van der Waals surface area contributed by atoms with Crippen LogP contribution in [0.5, 0.6) is 0 Å². The van der Waals surface area contributed by atoms with Gasteiger partial charge in [0.05, 0.1) is 11.8 Å². The highest BCUT2D eigenvalue weighted by Crippen LogP contribution is 2.37. The first-order valence-corrected chi connectivity index (χ1v) is 7.50. The summed E-state index contributed by atoms with van der Waals surface area (Å²) in [7, 11) is 0. The van der Waals surface area contributed by atoms with Crippen LogP contribution in [0.1, 0.15) is 45.8 Å². The molecular weight excluding hydrogens is 272 g/mol. The van der Waals surface area contributed by atoms with Gasteiger partial charge in [0.25, 0.3) is 5.91 Å². The fourth-order valence-electron chi connectivity index (χ4n) is 2.52. The van der Waals surface area contributed by atoms with Gasteiger partial charge < -0.3 is 9.73 Å². The Kier molecular flexibility index (Phi) is 3.57. The standard InChI is InChI=1S/C15H14N2O2S/c16-9-11-10-5-2-1-3-7-13(10)20-15(11)17-14(18)12-6-4-8-19-12/h4,6,8H,1-3,5,7H2,(H,17,18). The highest BCUT2D eigenvalue weighted by molar-refractivity contribution is 7.16. The summed E-state index contributed by atoms with van der Waals surface area (Å²) in [5, 5.41) is 12.8. The molecule has 1 amide bonds. The van der Waals surface area contributed by atoms with Gasteiger partial charge in [-0.1, -0.05) is 6.42 Å². The first-order chi connectivity index (χ1) is 9.79. The Balaban J connectivity index is 1.90. The fourth-order valence-corrected chi connectivity index (χ4v) is 3.76. The summed E-state index contributed by atoms with van der Waals surface area (Å²) in [6, 6.07) is 5.53. The number of nitriles is 1. The monoisotopic (exact) mass is 286 g/mol. The zero-order valence-electron chi connectivity index (χ0n) is 10.9. The van der Waals surface area contributed by atoms with E-state index in [-0.39, 0.29) is 11.7 Å². The van der Waals surface area contributed by atoms with Gasteiger partial charge in [-0.05, 0) is 43.4 Å². The van der Waals surface area contributed by atoms with Crippen molar-refractivity contribution in [3.63, 3.8) is 0 Å². The third kappa shape index (κ3) is 2.35. The van der Waals surface area contributed by atoms with Gasteiger partial charge in [-0.2, -0.15) is 5.26 Å². The summed E-state index contributed by atoms with van der Waals surface area (Å²) in [6.07, 6.45) is 6.88. The second kappa shape index (κ2) is 5.51. The van der Waals surface area contributed by atoms with Gasteiger partial charge in [-0.15, -0.1) is 11.3 Å². The number of carbonyl (C=O) groups excluding carboxylic acids is 1. The van der Waals surface area contributed by atoms with Crippen LogP contribution in [-0.4, -0.2) is 5.91 Å². The maximum atomic E-state index is 12.0. The van der Waals surface area contributed by atoms with Crippen LogP contribution in [0.3, 0.4) is 0 Å². The number of hydrogen-bond donors (Lipinski definition) is 1. The van der Waals surface area contributed by atoms with Crippen LogP contribution >= 0.6 is 11.3 Å². The van der Waals surface area contributed by atoms with Gasteiger partial charge in [-0.3, -0.25) is 4.79 Å². The molecule has 0 saturated heterocycles. The summed E-state index contributed by atoms with van der Waals surface area (Å²) >= 11 is 1.53. The van der Waals surface area contributed by atoms with Gasteiger partial charge in [-0.25, -0.2) is 0 Å². The largest absolute Gasteiger partial charge is 0.459 e. The number of hydrogen-bond acceptors (Lipinski definition) is 4. The van der Waals surface area contributed by atoms with Crippen LogP contribution < -0.4 is 5.32 Å². The molecule has 0 spiro atoms. The first-order valence-electron chi connectivity index (χ1n) is 6.69. The van der Waals surface area contributed by atoms with Gasteiger partial charge >= 0.3 is 0 Å². The van der Waals surface area contributed by atoms with Crippen molar-refractivity contribution in [1.29, 1.82) is 5.26 Å². The third-order valence-electron chi connectivity index (χ3n) is 3.51. The predicted octanol–water partition coefficient (Wildman–Crippen LogP) is 3.73. The summed E-state index contributed by atoms with van der Waals surface area (Å²) < 4.78 is 5.07. The molecule has 0 aromatic carbocycles. The van der Waals surface area contributed by atoms with E-state index in [2.05, 4.69) is 11.4 Å². The van der Waals surface area contributed by atoms with Crippen molar-refractivity contribution in [2.24, 2.45) is 0 Å². The molecule has 0 aliphatic heterocycles. The van der Waals surface area contributed by atoms with E-state index in [0.29, 0.717) is 10.6 Å². The Bertz CT molecular complexity index is 665. The molecule has 1 aliphatic rings. The van der Waals surface area contributed by atoms with Crippen LogP contribution in [0, 0.1) is 11.3 Å². The Morgan fingerprint density at radius 1 is 1.35 bits per heavy atom. The zero-order chi connectivity index (χ0) is 13.9. The summed E-state index contributed by atoms with van der Waals surface area (Å²) in [4.78, 5) is 13.3. The summed E-state index contributed by atoms with van der Waals surface area (Å²) in [5.74, 6) is -0.0413. The molecular formula is C15H14N2O2S. The molecule has 1 aliphatic carbocycles. The van der Waals surface area contributed by atoms with E-state index in [1.807, 2.05) is 0 Å². The van der Waals surface area contributed by atoms with Crippen LogP contribution in [0.25, 0.3) is 0 Å². The molecule has 0 atom stereocenters. The van der Waals surface area contributed by atoms with E-state index < -0.39 is 0 Å². The minimum absolute atomic E-state index is 0.262. The number of furan rings is 1. The van der Waals surface area contributed by atoms with Crippen molar-refractivity contribution in [3.05, 3.63) is 40.2 Å². The van der Waals surface area contributed by atoms with E-state index in [1.54, 1.807) is 12.1 Å². The topological polar surface area (TPSA) is 66.0 Å². The lowest BCUT2D eigenvalue weighted by Crippen LogP contribution is -2.10. The van der Waals surface area contributed by atoms with Gasteiger partial charge in [0.15, 0.2) is 5.76 Å². The first kappa shape index (κ1) is 12.9. The molecule has 0 saturated carbocycles. The van der Waals surface area contributed by atoms with E-state index in [1.165, 1.54) is 28.9 Å². The van der Waals surface area contributed by atoms with Crippen molar-refractivity contribution in [3.8, 4) is 6.07 Å². The second-order valence-corrected chi connectivity index (χ2v) is 5.92. The van der Waals surface area contributed by atoms with Gasteiger partial charge in [0, 0.05) is 4.88 Å².